The Kier molecular flexibility index (Phi) is 6.22. The van der Waals surface area contributed by atoms with Crippen molar-refractivity contribution in [2.75, 3.05) is 13.1 Å². The van der Waals surface area contributed by atoms with Crippen molar-refractivity contribution in [3.8, 4) is 0 Å². The molecule has 0 aromatic carbocycles. The Hall–Kier alpha value is -1.10. The molecule has 1 unspecified atom stereocenters. The van der Waals surface area contributed by atoms with Crippen LogP contribution in [0.5, 0.6) is 0 Å². The number of nitrogens with one attached hydrogen (secondary N) is 1. The molecular weight excluding hydrogens is 376 g/mol. The fourth-order valence-electron chi connectivity index (χ4n) is 6.73. The molecule has 1 heterocycles. The Balaban J connectivity index is 1.31. The Labute approximate surface area is 182 Å². The van der Waals surface area contributed by atoms with Crippen LogP contribution in [0.15, 0.2) is 0 Å². The van der Waals surface area contributed by atoms with E-state index in [4.69, 9.17) is 4.74 Å². The maximum Gasteiger partial charge on any atom is 0.223 e. The normalized spacial score (nSPS) is 37.6. The number of ether oxygens (including phenoxy) is 1. The molecule has 30 heavy (non-hydrogen) atoms. The first-order chi connectivity index (χ1) is 14.2. The minimum absolute atomic E-state index is 0.0799. The molecule has 5 nitrogen and oxygen atoms in total. The summed E-state index contributed by atoms with van der Waals surface area (Å²) in [6, 6.07) is 0.235. The van der Waals surface area contributed by atoms with Gasteiger partial charge in [0, 0.05) is 25.4 Å². The molecule has 2 amide bonds. The van der Waals surface area contributed by atoms with Gasteiger partial charge in [0.1, 0.15) is 0 Å². The molecule has 0 aromatic heterocycles. The zero-order valence-electron chi connectivity index (χ0n) is 19.7. The number of carbonyl (C=O) groups excluding carboxylic acids is 2. The van der Waals surface area contributed by atoms with Crippen molar-refractivity contribution < 1.29 is 14.3 Å². The number of hydrogen-bond donors (Lipinski definition) is 1. The summed E-state index contributed by atoms with van der Waals surface area (Å²) in [5.41, 5.74) is 0.452. The zero-order chi connectivity index (χ0) is 21.6. The first-order valence-corrected chi connectivity index (χ1v) is 12.4. The highest BCUT2D eigenvalue weighted by Gasteiger charge is 2.62. The van der Waals surface area contributed by atoms with Gasteiger partial charge in [-0.1, -0.05) is 41.0 Å². The summed E-state index contributed by atoms with van der Waals surface area (Å²) in [5.74, 6) is 3.08. The molecule has 3 aliphatic carbocycles. The van der Waals surface area contributed by atoms with Gasteiger partial charge in [0.25, 0.3) is 0 Å². The van der Waals surface area contributed by atoms with Crippen molar-refractivity contribution in [2.24, 2.45) is 35.0 Å². The van der Waals surface area contributed by atoms with Crippen molar-refractivity contribution in [1.82, 2.24) is 10.2 Å². The van der Waals surface area contributed by atoms with Crippen molar-refractivity contribution in [2.45, 2.75) is 97.8 Å². The van der Waals surface area contributed by atoms with Gasteiger partial charge in [0.15, 0.2) is 0 Å². The molecule has 4 aliphatic rings. The molecule has 3 saturated carbocycles. The Morgan fingerprint density at radius 3 is 2.50 bits per heavy atom. The summed E-state index contributed by atoms with van der Waals surface area (Å²) in [4.78, 5) is 28.0. The Bertz CT molecular complexity index is 647. The van der Waals surface area contributed by atoms with Crippen LogP contribution in [-0.4, -0.2) is 48.1 Å². The van der Waals surface area contributed by atoms with Gasteiger partial charge < -0.3 is 15.0 Å². The van der Waals surface area contributed by atoms with E-state index in [-0.39, 0.29) is 36.0 Å². The van der Waals surface area contributed by atoms with Gasteiger partial charge in [-0.25, -0.2) is 0 Å². The molecular formula is C25H42N2O3. The molecule has 0 bridgehead atoms. The number of nitrogens with zero attached hydrogens (tertiary/aromatic N) is 1. The van der Waals surface area contributed by atoms with Crippen molar-refractivity contribution in [3.63, 3.8) is 0 Å². The smallest absolute Gasteiger partial charge is 0.223 e. The summed E-state index contributed by atoms with van der Waals surface area (Å²) >= 11 is 0. The minimum Gasteiger partial charge on any atom is -0.369 e. The second-order valence-corrected chi connectivity index (χ2v) is 11.4. The predicted molar refractivity (Wildman–Crippen MR) is 118 cm³/mol. The maximum atomic E-state index is 13.2. The molecule has 4 fully saturated rings. The molecule has 7 atom stereocenters. The lowest BCUT2D eigenvalue weighted by Crippen LogP contribution is -2.57. The molecule has 1 N–H and O–H groups in total. The van der Waals surface area contributed by atoms with E-state index in [0.717, 1.165) is 50.4 Å². The third kappa shape index (κ3) is 4.16. The highest BCUT2D eigenvalue weighted by molar-refractivity contribution is 5.79. The van der Waals surface area contributed by atoms with Crippen LogP contribution in [0.25, 0.3) is 0 Å². The average Bonchev–Trinajstić information content (AvgIpc) is 3.17. The van der Waals surface area contributed by atoms with E-state index < -0.39 is 0 Å². The molecule has 0 radical (unpaired) electrons. The molecule has 170 valence electrons. The van der Waals surface area contributed by atoms with E-state index >= 15 is 0 Å². The van der Waals surface area contributed by atoms with Crippen LogP contribution in [0.3, 0.4) is 0 Å². The summed E-state index contributed by atoms with van der Waals surface area (Å²) < 4.78 is 6.34. The van der Waals surface area contributed by atoms with Crippen molar-refractivity contribution >= 4 is 11.8 Å². The van der Waals surface area contributed by atoms with Crippen LogP contribution in [-0.2, 0) is 14.3 Å². The van der Waals surface area contributed by atoms with E-state index in [2.05, 4.69) is 44.8 Å². The van der Waals surface area contributed by atoms with Gasteiger partial charge in [-0.3, -0.25) is 9.59 Å². The first kappa shape index (κ1) is 22.1. The average molecular weight is 419 g/mol. The monoisotopic (exact) mass is 418 g/mol. The number of hydrogen-bond acceptors (Lipinski definition) is 3. The van der Waals surface area contributed by atoms with E-state index in [9.17, 15) is 9.59 Å². The topological polar surface area (TPSA) is 58.6 Å². The molecule has 5 heteroatoms. The summed E-state index contributed by atoms with van der Waals surface area (Å²) in [7, 11) is 0. The molecule has 1 aliphatic heterocycles. The number of carbonyl (C=O) groups is 2. The summed E-state index contributed by atoms with van der Waals surface area (Å²) in [5, 5.41) is 3.17. The third-order valence-electron chi connectivity index (χ3n) is 9.05. The second kappa shape index (κ2) is 8.44. The van der Waals surface area contributed by atoms with Crippen LogP contribution in [0.4, 0.5) is 0 Å². The van der Waals surface area contributed by atoms with E-state index in [0.29, 0.717) is 36.8 Å². The zero-order valence-corrected chi connectivity index (χ0v) is 19.7. The van der Waals surface area contributed by atoms with Gasteiger partial charge in [0.05, 0.1) is 18.2 Å². The molecule has 4 rings (SSSR count). The first-order valence-electron chi connectivity index (χ1n) is 12.4. The number of fused-ring (bicyclic) bond motifs is 2. The molecule has 0 spiro atoms. The summed E-state index contributed by atoms with van der Waals surface area (Å²) in [6.45, 7) is 12.4. The van der Waals surface area contributed by atoms with Gasteiger partial charge in [-0.05, 0) is 61.2 Å². The van der Waals surface area contributed by atoms with Crippen LogP contribution in [0.2, 0.25) is 0 Å². The van der Waals surface area contributed by atoms with E-state index in [1.807, 2.05) is 0 Å². The van der Waals surface area contributed by atoms with Crippen LogP contribution < -0.4 is 5.32 Å². The van der Waals surface area contributed by atoms with E-state index in [1.54, 1.807) is 0 Å². The Morgan fingerprint density at radius 1 is 1.17 bits per heavy atom. The van der Waals surface area contributed by atoms with Crippen molar-refractivity contribution in [3.05, 3.63) is 0 Å². The third-order valence-corrected chi connectivity index (χ3v) is 9.05. The van der Waals surface area contributed by atoms with E-state index in [1.165, 1.54) is 0 Å². The highest BCUT2D eigenvalue weighted by Crippen LogP contribution is 2.68. The fourth-order valence-corrected chi connectivity index (χ4v) is 6.73. The maximum absolute atomic E-state index is 13.2. The number of amides is 2. The fraction of sp³-hybridized carbons (Fsp3) is 0.920. The second-order valence-electron chi connectivity index (χ2n) is 11.4. The van der Waals surface area contributed by atoms with Crippen molar-refractivity contribution in [1.29, 1.82) is 0 Å². The SMILES string of the molecule is CC[C@H](CC(=O)N1C[C@@H](CNC(=O)C2C[C@@H]3[C@H](C2)C3(C)C)O[C@H]2CCC[C@@H]21)C(C)C. The number of rotatable bonds is 7. The highest BCUT2D eigenvalue weighted by atomic mass is 16.5. The standard InChI is InChI=1S/C25H42N2O3/c1-6-16(15(2)3)12-23(28)27-14-18(30-22-9-7-8-21(22)27)13-26-24(29)17-10-19-20(11-17)25(19,4)5/h15-22H,6-14H2,1-5H3,(H,26,29)/t16-,17?,18-,19-,20+,21+,22+/m1/s1. The minimum atomic E-state index is -0.0799. The lowest BCUT2D eigenvalue weighted by Gasteiger charge is -2.42. The lowest BCUT2D eigenvalue weighted by atomic mass is 9.89. The van der Waals surface area contributed by atoms with Crippen LogP contribution in [0.1, 0.15) is 79.6 Å². The summed E-state index contributed by atoms with van der Waals surface area (Å²) in [6.07, 6.45) is 7.03. The predicted octanol–water partition coefficient (Wildman–Crippen LogP) is 4.01. The van der Waals surface area contributed by atoms with Crippen LogP contribution >= 0.6 is 0 Å². The molecule has 1 saturated heterocycles. The van der Waals surface area contributed by atoms with Gasteiger partial charge in [-0.2, -0.15) is 0 Å². The van der Waals surface area contributed by atoms with Crippen LogP contribution in [0, 0.1) is 35.0 Å². The quantitative estimate of drug-likeness (QED) is 0.680. The lowest BCUT2D eigenvalue weighted by molar-refractivity contribution is -0.154. The Morgan fingerprint density at radius 2 is 1.87 bits per heavy atom. The van der Waals surface area contributed by atoms with Gasteiger partial charge in [0.2, 0.25) is 11.8 Å². The largest absolute Gasteiger partial charge is 0.369 e. The van der Waals surface area contributed by atoms with Gasteiger partial charge >= 0.3 is 0 Å². The number of morpholine rings is 1. The van der Waals surface area contributed by atoms with Gasteiger partial charge in [-0.15, -0.1) is 0 Å². The molecule has 0 aromatic rings.